The molecule has 5 rings (SSSR count). The monoisotopic (exact) mass is 336 g/mol. The van der Waals surface area contributed by atoms with E-state index < -0.39 is 0 Å². The highest BCUT2D eigenvalue weighted by molar-refractivity contribution is 6.12. The fourth-order valence-corrected chi connectivity index (χ4v) is 4.01. The molecule has 0 bridgehead atoms. The Morgan fingerprint density at radius 1 is 0.654 bits per heavy atom. The smallest absolute Gasteiger partial charge is 0.143 e. The van der Waals surface area contributed by atoms with Gasteiger partial charge in [0.1, 0.15) is 11.2 Å². The molecule has 26 heavy (non-hydrogen) atoms. The number of fused-ring (bicyclic) bond motifs is 4. The first-order valence-corrected chi connectivity index (χ1v) is 9.16. The minimum absolute atomic E-state index is 0.439. The molecule has 0 saturated carbocycles. The van der Waals surface area contributed by atoms with Crippen LogP contribution < -0.4 is 0 Å². The lowest BCUT2D eigenvalue weighted by molar-refractivity contribution is 0.670. The largest absolute Gasteiger partial charge is 0.455 e. The van der Waals surface area contributed by atoms with E-state index in [1.807, 2.05) is 12.1 Å². The van der Waals surface area contributed by atoms with Gasteiger partial charge in [-0.1, -0.05) is 86.6 Å². The first-order valence-electron chi connectivity index (χ1n) is 9.16. The molecular weight excluding hydrogens is 316 g/mol. The van der Waals surface area contributed by atoms with E-state index in [0.29, 0.717) is 5.92 Å². The molecule has 0 unspecified atom stereocenters. The van der Waals surface area contributed by atoms with Crippen LogP contribution in [0.4, 0.5) is 0 Å². The summed E-state index contributed by atoms with van der Waals surface area (Å²) in [6, 6.07) is 27.9. The fraction of sp³-hybridized carbons (Fsp3) is 0.120. The van der Waals surface area contributed by atoms with E-state index in [1.54, 1.807) is 0 Å². The van der Waals surface area contributed by atoms with E-state index in [9.17, 15) is 0 Å². The maximum Gasteiger partial charge on any atom is 0.143 e. The average molecular weight is 336 g/mol. The van der Waals surface area contributed by atoms with Crippen LogP contribution in [0.2, 0.25) is 0 Å². The SMILES string of the molecule is CC(C)c1ccc2ccccc2c1-c1cccc2c1oc1ccccc12. The second-order valence-electron chi connectivity index (χ2n) is 7.19. The molecule has 4 aromatic carbocycles. The van der Waals surface area contributed by atoms with Gasteiger partial charge in [0.25, 0.3) is 0 Å². The lowest BCUT2D eigenvalue weighted by atomic mass is 9.87. The van der Waals surface area contributed by atoms with Gasteiger partial charge in [0.2, 0.25) is 0 Å². The second-order valence-corrected chi connectivity index (χ2v) is 7.19. The van der Waals surface area contributed by atoms with Gasteiger partial charge in [0.15, 0.2) is 0 Å². The number of hydrogen-bond acceptors (Lipinski definition) is 1. The van der Waals surface area contributed by atoms with Crippen LogP contribution in [0.3, 0.4) is 0 Å². The van der Waals surface area contributed by atoms with Crippen molar-refractivity contribution < 1.29 is 4.42 Å². The van der Waals surface area contributed by atoms with Crippen LogP contribution >= 0.6 is 0 Å². The average Bonchev–Trinajstić information content (AvgIpc) is 3.06. The van der Waals surface area contributed by atoms with Crippen LogP contribution in [0, 0.1) is 0 Å². The topological polar surface area (TPSA) is 13.1 Å². The van der Waals surface area contributed by atoms with Gasteiger partial charge in [0.05, 0.1) is 0 Å². The summed E-state index contributed by atoms with van der Waals surface area (Å²) in [5.41, 5.74) is 5.76. The minimum atomic E-state index is 0.439. The molecule has 0 aliphatic heterocycles. The molecule has 0 atom stereocenters. The van der Waals surface area contributed by atoms with Crippen LogP contribution in [0.5, 0.6) is 0 Å². The summed E-state index contributed by atoms with van der Waals surface area (Å²) in [6.07, 6.45) is 0. The molecule has 1 heterocycles. The molecule has 0 saturated heterocycles. The summed E-state index contributed by atoms with van der Waals surface area (Å²) in [5, 5.41) is 4.91. The zero-order chi connectivity index (χ0) is 17.7. The van der Waals surface area contributed by atoms with Crippen LogP contribution in [0.15, 0.2) is 83.3 Å². The highest BCUT2D eigenvalue weighted by Crippen LogP contribution is 2.41. The third-order valence-electron chi connectivity index (χ3n) is 5.26. The number of furan rings is 1. The van der Waals surface area contributed by atoms with Gasteiger partial charge in [-0.15, -0.1) is 0 Å². The molecule has 0 fully saturated rings. The Morgan fingerprint density at radius 3 is 2.23 bits per heavy atom. The van der Waals surface area contributed by atoms with Crippen molar-refractivity contribution in [3.8, 4) is 11.1 Å². The van der Waals surface area contributed by atoms with Gasteiger partial charge in [-0.2, -0.15) is 0 Å². The third-order valence-corrected chi connectivity index (χ3v) is 5.26. The predicted molar refractivity (Wildman–Crippen MR) is 111 cm³/mol. The van der Waals surface area contributed by atoms with Crippen molar-refractivity contribution in [2.75, 3.05) is 0 Å². The molecule has 0 spiro atoms. The summed E-state index contributed by atoms with van der Waals surface area (Å²) in [7, 11) is 0. The molecule has 0 N–H and O–H groups in total. The highest BCUT2D eigenvalue weighted by atomic mass is 16.3. The number of para-hydroxylation sites is 2. The Morgan fingerprint density at radius 2 is 1.38 bits per heavy atom. The normalized spacial score (nSPS) is 11.8. The molecule has 126 valence electrons. The van der Waals surface area contributed by atoms with Crippen LogP contribution in [-0.2, 0) is 0 Å². The lowest BCUT2D eigenvalue weighted by Gasteiger charge is -2.16. The zero-order valence-electron chi connectivity index (χ0n) is 15.0. The molecular formula is C25H20O. The van der Waals surface area contributed by atoms with Gasteiger partial charge in [-0.25, -0.2) is 0 Å². The highest BCUT2D eigenvalue weighted by Gasteiger charge is 2.17. The van der Waals surface area contributed by atoms with Crippen LogP contribution in [0.25, 0.3) is 43.8 Å². The minimum Gasteiger partial charge on any atom is -0.455 e. The summed E-state index contributed by atoms with van der Waals surface area (Å²) in [5.74, 6) is 0.439. The number of rotatable bonds is 2. The Bertz CT molecular complexity index is 1260. The van der Waals surface area contributed by atoms with Crippen LogP contribution in [-0.4, -0.2) is 0 Å². The van der Waals surface area contributed by atoms with E-state index in [2.05, 4.69) is 80.6 Å². The molecule has 1 aromatic heterocycles. The Labute approximate surface area is 152 Å². The quantitative estimate of drug-likeness (QED) is 0.325. The van der Waals surface area contributed by atoms with E-state index in [4.69, 9.17) is 4.42 Å². The summed E-state index contributed by atoms with van der Waals surface area (Å²) in [6.45, 7) is 4.51. The van der Waals surface area contributed by atoms with Crippen molar-refractivity contribution in [2.24, 2.45) is 0 Å². The van der Waals surface area contributed by atoms with Gasteiger partial charge >= 0.3 is 0 Å². The van der Waals surface area contributed by atoms with Crippen molar-refractivity contribution in [1.29, 1.82) is 0 Å². The Kier molecular flexibility index (Phi) is 3.36. The summed E-state index contributed by atoms with van der Waals surface area (Å²) >= 11 is 0. The van der Waals surface area contributed by atoms with Crippen molar-refractivity contribution in [3.05, 3.63) is 84.4 Å². The maximum atomic E-state index is 6.32. The molecule has 1 heteroatoms. The number of hydrogen-bond donors (Lipinski definition) is 0. The standard InChI is InChI=1S/C25H20O/c1-16(2)18-15-14-17-8-3-4-9-19(17)24(18)22-12-7-11-21-20-10-5-6-13-23(20)26-25(21)22/h3-16H,1-2H3. The number of benzene rings is 4. The lowest BCUT2D eigenvalue weighted by Crippen LogP contribution is -1.94. The van der Waals surface area contributed by atoms with E-state index in [0.717, 1.165) is 11.2 Å². The third kappa shape index (κ3) is 2.17. The van der Waals surface area contributed by atoms with E-state index >= 15 is 0 Å². The predicted octanol–water partition coefficient (Wildman–Crippen LogP) is 7.53. The molecule has 0 radical (unpaired) electrons. The van der Waals surface area contributed by atoms with Gasteiger partial charge in [-0.3, -0.25) is 0 Å². The molecule has 0 aliphatic carbocycles. The van der Waals surface area contributed by atoms with Crippen LogP contribution in [0.1, 0.15) is 25.3 Å². The van der Waals surface area contributed by atoms with Gasteiger partial charge < -0.3 is 4.42 Å². The molecule has 5 aromatic rings. The van der Waals surface area contributed by atoms with Gasteiger partial charge in [0, 0.05) is 16.3 Å². The Balaban J connectivity index is 1.95. The van der Waals surface area contributed by atoms with Gasteiger partial charge in [-0.05, 0) is 33.9 Å². The van der Waals surface area contributed by atoms with Crippen molar-refractivity contribution in [2.45, 2.75) is 19.8 Å². The Hall–Kier alpha value is -3.06. The van der Waals surface area contributed by atoms with Crippen molar-refractivity contribution in [1.82, 2.24) is 0 Å². The molecule has 0 aliphatic rings. The maximum absolute atomic E-state index is 6.32. The first kappa shape index (κ1) is 15.2. The van der Waals surface area contributed by atoms with Crippen molar-refractivity contribution >= 4 is 32.7 Å². The fourth-order valence-electron chi connectivity index (χ4n) is 4.01. The summed E-state index contributed by atoms with van der Waals surface area (Å²) in [4.78, 5) is 0. The summed E-state index contributed by atoms with van der Waals surface area (Å²) < 4.78 is 6.32. The second kappa shape index (κ2) is 5.74. The van der Waals surface area contributed by atoms with E-state index in [-0.39, 0.29) is 0 Å². The molecule has 0 amide bonds. The van der Waals surface area contributed by atoms with E-state index in [1.165, 1.54) is 38.2 Å². The molecule has 1 nitrogen and oxygen atoms in total. The first-order chi connectivity index (χ1) is 12.7. The zero-order valence-corrected chi connectivity index (χ0v) is 15.0. The van der Waals surface area contributed by atoms with Crippen molar-refractivity contribution in [3.63, 3.8) is 0 Å².